The Labute approximate surface area is 162 Å². The molecule has 0 fully saturated rings. The van der Waals surface area contributed by atoms with Crippen molar-refractivity contribution in [1.29, 1.82) is 0 Å². The second-order valence-electron chi connectivity index (χ2n) is 7.03. The maximum Gasteiger partial charge on any atom is 0.270 e. The summed E-state index contributed by atoms with van der Waals surface area (Å²) in [5.41, 5.74) is 0.742. The van der Waals surface area contributed by atoms with Crippen LogP contribution in [0.1, 0.15) is 29.8 Å². The molecule has 1 aliphatic rings. The third-order valence-corrected chi connectivity index (χ3v) is 4.34. The van der Waals surface area contributed by atoms with E-state index in [-0.39, 0.29) is 35.8 Å². The molecule has 0 atom stereocenters. The van der Waals surface area contributed by atoms with Crippen LogP contribution in [0.4, 0.5) is 5.69 Å². The zero-order valence-electron chi connectivity index (χ0n) is 16.0. The lowest BCUT2D eigenvalue weighted by molar-refractivity contribution is -0.384. The standard InChI is InChI=1S/C20H22N2O6/c1-20(2)12-13-5-4-6-17(18(13)28-20)27-10-9-21-19(23)15-11-14(22(24)25)7-8-16(15)26-3/h4-8,11H,9-10,12H2,1-3H3,(H,21,23). The van der Waals surface area contributed by atoms with Gasteiger partial charge >= 0.3 is 0 Å². The topological polar surface area (TPSA) is 99.9 Å². The number of carbonyl (C=O) groups is 1. The van der Waals surface area contributed by atoms with Gasteiger partial charge in [0, 0.05) is 24.1 Å². The first-order chi connectivity index (χ1) is 13.3. The number of nitrogens with zero attached hydrogens (tertiary/aromatic N) is 1. The van der Waals surface area contributed by atoms with Crippen molar-refractivity contribution in [3.8, 4) is 17.2 Å². The average Bonchev–Trinajstić information content (AvgIpc) is 2.98. The molecule has 28 heavy (non-hydrogen) atoms. The van der Waals surface area contributed by atoms with Gasteiger partial charge in [0.1, 0.15) is 18.0 Å². The number of fused-ring (bicyclic) bond motifs is 1. The summed E-state index contributed by atoms with van der Waals surface area (Å²) in [7, 11) is 1.40. The lowest BCUT2D eigenvalue weighted by Crippen LogP contribution is -2.28. The first-order valence-electron chi connectivity index (χ1n) is 8.85. The number of methoxy groups -OCH3 is 1. The number of nitro groups is 1. The van der Waals surface area contributed by atoms with E-state index < -0.39 is 10.8 Å². The van der Waals surface area contributed by atoms with Crippen LogP contribution < -0.4 is 19.5 Å². The van der Waals surface area contributed by atoms with E-state index in [1.54, 1.807) is 0 Å². The Morgan fingerprint density at radius 2 is 2.07 bits per heavy atom. The molecule has 1 heterocycles. The second kappa shape index (κ2) is 7.75. The largest absolute Gasteiger partial charge is 0.496 e. The van der Waals surface area contributed by atoms with Crippen molar-refractivity contribution < 1.29 is 23.9 Å². The van der Waals surface area contributed by atoms with Crippen LogP contribution in [0.2, 0.25) is 0 Å². The van der Waals surface area contributed by atoms with Gasteiger partial charge in [-0.25, -0.2) is 0 Å². The van der Waals surface area contributed by atoms with Crippen molar-refractivity contribution >= 4 is 11.6 Å². The van der Waals surface area contributed by atoms with Crippen LogP contribution >= 0.6 is 0 Å². The summed E-state index contributed by atoms with van der Waals surface area (Å²) in [5, 5.41) is 13.6. The molecule has 148 valence electrons. The number of carbonyl (C=O) groups excluding carboxylic acids is 1. The van der Waals surface area contributed by atoms with Gasteiger partial charge in [0.2, 0.25) is 0 Å². The molecule has 0 bridgehead atoms. The van der Waals surface area contributed by atoms with E-state index in [0.717, 1.165) is 17.7 Å². The number of benzene rings is 2. The highest BCUT2D eigenvalue weighted by Gasteiger charge is 2.32. The van der Waals surface area contributed by atoms with E-state index in [2.05, 4.69) is 5.32 Å². The minimum Gasteiger partial charge on any atom is -0.496 e. The Morgan fingerprint density at radius 3 is 2.79 bits per heavy atom. The molecule has 0 aromatic heterocycles. The summed E-state index contributed by atoms with van der Waals surface area (Å²) >= 11 is 0. The Kier molecular flexibility index (Phi) is 5.39. The predicted molar refractivity (Wildman–Crippen MR) is 102 cm³/mol. The summed E-state index contributed by atoms with van der Waals surface area (Å²) < 4.78 is 16.8. The molecule has 8 nitrogen and oxygen atoms in total. The third kappa shape index (κ3) is 4.16. The Bertz CT molecular complexity index is 910. The van der Waals surface area contributed by atoms with E-state index >= 15 is 0 Å². The number of rotatable bonds is 7. The van der Waals surface area contributed by atoms with Gasteiger partial charge in [0.25, 0.3) is 11.6 Å². The predicted octanol–water partition coefficient (Wildman–Crippen LogP) is 3.13. The number of hydrogen-bond acceptors (Lipinski definition) is 6. The highest BCUT2D eigenvalue weighted by Crippen LogP contribution is 2.41. The molecule has 0 spiro atoms. The van der Waals surface area contributed by atoms with Gasteiger partial charge in [0.15, 0.2) is 11.5 Å². The number of para-hydroxylation sites is 1. The fourth-order valence-corrected chi connectivity index (χ4v) is 3.11. The van der Waals surface area contributed by atoms with E-state index in [4.69, 9.17) is 14.2 Å². The maximum absolute atomic E-state index is 12.4. The van der Waals surface area contributed by atoms with Crippen LogP contribution in [0, 0.1) is 10.1 Å². The summed E-state index contributed by atoms with van der Waals surface area (Å²) in [6.07, 6.45) is 0.808. The Balaban J connectivity index is 1.60. The SMILES string of the molecule is COc1ccc([N+](=O)[O-])cc1C(=O)NCCOc1cccc2c1OC(C)(C)C2. The van der Waals surface area contributed by atoms with Gasteiger partial charge in [0.05, 0.1) is 24.1 Å². The second-order valence-corrected chi connectivity index (χ2v) is 7.03. The Morgan fingerprint density at radius 1 is 1.29 bits per heavy atom. The van der Waals surface area contributed by atoms with Crippen LogP contribution in [0.3, 0.4) is 0 Å². The molecular formula is C20H22N2O6. The number of non-ortho nitro benzene ring substituents is 1. The van der Waals surface area contributed by atoms with Crippen molar-refractivity contribution in [2.45, 2.75) is 25.9 Å². The minimum absolute atomic E-state index is 0.0994. The van der Waals surface area contributed by atoms with Gasteiger partial charge in [-0.3, -0.25) is 14.9 Å². The summed E-state index contributed by atoms with van der Waals surface area (Å²) in [4.78, 5) is 22.8. The van der Waals surface area contributed by atoms with Gasteiger partial charge in [-0.15, -0.1) is 0 Å². The normalized spacial score (nSPS) is 14.0. The molecule has 0 saturated heterocycles. The van der Waals surface area contributed by atoms with Crippen LogP contribution in [0.25, 0.3) is 0 Å². The third-order valence-electron chi connectivity index (χ3n) is 4.34. The molecule has 1 aliphatic heterocycles. The van der Waals surface area contributed by atoms with Crippen molar-refractivity contribution in [3.05, 3.63) is 57.6 Å². The zero-order chi connectivity index (χ0) is 20.3. The van der Waals surface area contributed by atoms with Gasteiger partial charge < -0.3 is 19.5 Å². The first kappa shape index (κ1) is 19.5. The fourth-order valence-electron chi connectivity index (χ4n) is 3.11. The van der Waals surface area contributed by atoms with E-state index in [1.807, 2.05) is 32.0 Å². The quantitative estimate of drug-likeness (QED) is 0.446. The molecular weight excluding hydrogens is 364 g/mol. The van der Waals surface area contributed by atoms with Crippen molar-refractivity contribution in [2.75, 3.05) is 20.3 Å². The molecule has 0 unspecified atom stereocenters. The van der Waals surface area contributed by atoms with Crippen LogP contribution in [0.15, 0.2) is 36.4 Å². The van der Waals surface area contributed by atoms with E-state index in [1.165, 1.54) is 25.3 Å². The van der Waals surface area contributed by atoms with Crippen LogP contribution in [-0.4, -0.2) is 36.7 Å². The monoisotopic (exact) mass is 386 g/mol. The number of nitrogens with one attached hydrogen (secondary N) is 1. The molecule has 0 saturated carbocycles. The molecule has 0 aliphatic carbocycles. The molecule has 8 heteroatoms. The molecule has 2 aromatic rings. The number of amides is 1. The molecule has 0 radical (unpaired) electrons. The molecule has 2 aromatic carbocycles. The summed E-state index contributed by atoms with van der Waals surface area (Å²) in [6.45, 7) is 4.48. The lowest BCUT2D eigenvalue weighted by Gasteiger charge is -2.18. The number of ether oxygens (including phenoxy) is 3. The van der Waals surface area contributed by atoms with Crippen LogP contribution in [0.5, 0.6) is 17.2 Å². The Hall–Kier alpha value is -3.29. The summed E-state index contributed by atoms with van der Waals surface area (Å²) in [5.74, 6) is 1.16. The highest BCUT2D eigenvalue weighted by molar-refractivity contribution is 5.97. The van der Waals surface area contributed by atoms with Crippen LogP contribution in [-0.2, 0) is 6.42 Å². The maximum atomic E-state index is 12.4. The molecule has 3 rings (SSSR count). The van der Waals surface area contributed by atoms with E-state index in [0.29, 0.717) is 5.75 Å². The minimum atomic E-state index is -0.559. The van der Waals surface area contributed by atoms with Gasteiger partial charge in [-0.2, -0.15) is 0 Å². The van der Waals surface area contributed by atoms with Crippen molar-refractivity contribution in [3.63, 3.8) is 0 Å². The molecule has 1 amide bonds. The summed E-state index contributed by atoms with van der Waals surface area (Å²) in [6, 6.07) is 9.62. The first-order valence-corrected chi connectivity index (χ1v) is 8.85. The van der Waals surface area contributed by atoms with E-state index in [9.17, 15) is 14.9 Å². The van der Waals surface area contributed by atoms with Gasteiger partial charge in [-0.1, -0.05) is 12.1 Å². The lowest BCUT2D eigenvalue weighted by atomic mass is 10.0. The number of nitro benzene ring substituents is 1. The molecule has 1 N–H and O–H groups in total. The van der Waals surface area contributed by atoms with Crippen molar-refractivity contribution in [1.82, 2.24) is 5.32 Å². The van der Waals surface area contributed by atoms with Crippen molar-refractivity contribution in [2.24, 2.45) is 0 Å². The smallest absolute Gasteiger partial charge is 0.270 e. The zero-order valence-corrected chi connectivity index (χ0v) is 16.0. The fraction of sp³-hybridized carbons (Fsp3) is 0.350. The van der Waals surface area contributed by atoms with Gasteiger partial charge in [-0.05, 0) is 26.0 Å². The highest BCUT2D eigenvalue weighted by atomic mass is 16.6. The average molecular weight is 386 g/mol. The number of hydrogen-bond donors (Lipinski definition) is 1.